The minimum atomic E-state index is -0.188. The molecule has 0 aliphatic carbocycles. The first kappa shape index (κ1) is 12.3. The van der Waals surface area contributed by atoms with E-state index in [2.05, 4.69) is 4.98 Å². The highest BCUT2D eigenvalue weighted by Crippen LogP contribution is 2.18. The molecular formula is C15H15NO2. The number of benzene rings is 1. The van der Waals surface area contributed by atoms with Gasteiger partial charge in [-0.05, 0) is 29.7 Å². The van der Waals surface area contributed by atoms with Crippen LogP contribution in [0.25, 0.3) is 11.1 Å². The van der Waals surface area contributed by atoms with Crippen molar-refractivity contribution in [1.82, 2.24) is 4.98 Å². The van der Waals surface area contributed by atoms with Crippen molar-refractivity contribution in [2.24, 2.45) is 0 Å². The molecule has 1 heterocycles. The van der Waals surface area contributed by atoms with Crippen LogP contribution in [-0.4, -0.2) is 17.6 Å². The van der Waals surface area contributed by atoms with Gasteiger partial charge in [-0.2, -0.15) is 0 Å². The number of carbonyl (C=O) groups is 1. The van der Waals surface area contributed by atoms with Crippen molar-refractivity contribution in [3.05, 3.63) is 54.4 Å². The monoisotopic (exact) mass is 241 g/mol. The first-order valence-electron chi connectivity index (χ1n) is 5.94. The van der Waals surface area contributed by atoms with Gasteiger partial charge in [0.2, 0.25) is 0 Å². The molecule has 0 bridgehead atoms. The van der Waals surface area contributed by atoms with Crippen LogP contribution >= 0.6 is 0 Å². The highest BCUT2D eigenvalue weighted by Gasteiger charge is 2.04. The smallest absolute Gasteiger partial charge is 0.310 e. The Morgan fingerprint density at radius 1 is 1.17 bits per heavy atom. The Hall–Kier alpha value is -2.16. The van der Waals surface area contributed by atoms with E-state index in [0.717, 1.165) is 16.7 Å². The number of hydrogen-bond donors (Lipinski definition) is 0. The normalized spacial score (nSPS) is 10.1. The summed E-state index contributed by atoms with van der Waals surface area (Å²) in [5.41, 5.74) is 3.12. The predicted octanol–water partition coefficient (Wildman–Crippen LogP) is 2.85. The Kier molecular flexibility index (Phi) is 4.07. The SMILES string of the molecule is CCOC(=O)Cc1ccc(-c2cccnc2)cc1. The Morgan fingerprint density at radius 3 is 2.56 bits per heavy atom. The van der Waals surface area contributed by atoms with Crippen LogP contribution in [0.1, 0.15) is 12.5 Å². The summed E-state index contributed by atoms with van der Waals surface area (Å²) in [5, 5.41) is 0. The molecule has 18 heavy (non-hydrogen) atoms. The molecule has 1 aromatic carbocycles. The van der Waals surface area contributed by atoms with Gasteiger partial charge in [-0.15, -0.1) is 0 Å². The van der Waals surface area contributed by atoms with E-state index >= 15 is 0 Å². The zero-order chi connectivity index (χ0) is 12.8. The van der Waals surface area contributed by atoms with Crippen LogP contribution in [0.2, 0.25) is 0 Å². The van der Waals surface area contributed by atoms with E-state index in [1.165, 1.54) is 0 Å². The molecule has 3 heteroatoms. The summed E-state index contributed by atoms with van der Waals surface area (Å²) in [4.78, 5) is 15.4. The quantitative estimate of drug-likeness (QED) is 0.773. The lowest BCUT2D eigenvalue weighted by atomic mass is 10.0. The largest absolute Gasteiger partial charge is 0.466 e. The Morgan fingerprint density at radius 2 is 1.94 bits per heavy atom. The van der Waals surface area contributed by atoms with Crippen molar-refractivity contribution in [2.45, 2.75) is 13.3 Å². The third-order valence-electron chi connectivity index (χ3n) is 2.60. The van der Waals surface area contributed by atoms with Crippen LogP contribution in [0.15, 0.2) is 48.8 Å². The van der Waals surface area contributed by atoms with Crippen LogP contribution in [0.5, 0.6) is 0 Å². The molecular weight excluding hydrogens is 226 g/mol. The standard InChI is InChI=1S/C15H15NO2/c1-2-18-15(17)10-12-5-7-13(8-6-12)14-4-3-9-16-11-14/h3-9,11H,2,10H2,1H3. The molecule has 0 unspecified atom stereocenters. The maximum absolute atomic E-state index is 11.3. The first-order chi connectivity index (χ1) is 8.79. The Labute approximate surface area is 106 Å². The molecule has 0 saturated carbocycles. The average molecular weight is 241 g/mol. The second-order valence-electron chi connectivity index (χ2n) is 3.92. The number of esters is 1. The molecule has 0 N–H and O–H groups in total. The van der Waals surface area contributed by atoms with Crippen molar-refractivity contribution in [1.29, 1.82) is 0 Å². The van der Waals surface area contributed by atoms with E-state index in [1.54, 1.807) is 6.20 Å². The first-order valence-corrected chi connectivity index (χ1v) is 5.94. The molecule has 0 aliphatic heterocycles. The van der Waals surface area contributed by atoms with Crippen LogP contribution in [-0.2, 0) is 16.0 Å². The van der Waals surface area contributed by atoms with Crippen molar-refractivity contribution < 1.29 is 9.53 Å². The average Bonchev–Trinajstić information content (AvgIpc) is 2.41. The molecule has 2 rings (SSSR count). The van der Waals surface area contributed by atoms with Gasteiger partial charge in [0.05, 0.1) is 13.0 Å². The molecule has 2 aromatic rings. The summed E-state index contributed by atoms with van der Waals surface area (Å²) in [6.45, 7) is 2.23. The van der Waals surface area contributed by atoms with Gasteiger partial charge in [-0.25, -0.2) is 0 Å². The molecule has 0 atom stereocenters. The van der Waals surface area contributed by atoms with Crippen LogP contribution in [0.3, 0.4) is 0 Å². The minimum Gasteiger partial charge on any atom is -0.466 e. The van der Waals surface area contributed by atoms with Crippen LogP contribution < -0.4 is 0 Å². The zero-order valence-electron chi connectivity index (χ0n) is 10.3. The zero-order valence-corrected chi connectivity index (χ0v) is 10.3. The van der Waals surface area contributed by atoms with Gasteiger partial charge >= 0.3 is 5.97 Å². The van der Waals surface area contributed by atoms with Gasteiger partial charge in [0, 0.05) is 12.4 Å². The van der Waals surface area contributed by atoms with Gasteiger partial charge in [0.25, 0.3) is 0 Å². The van der Waals surface area contributed by atoms with E-state index in [9.17, 15) is 4.79 Å². The minimum absolute atomic E-state index is 0.188. The number of pyridine rings is 1. The molecule has 92 valence electrons. The van der Waals surface area contributed by atoms with E-state index in [4.69, 9.17) is 4.74 Å². The molecule has 0 amide bonds. The summed E-state index contributed by atoms with van der Waals surface area (Å²) in [6.07, 6.45) is 3.89. The second kappa shape index (κ2) is 5.96. The summed E-state index contributed by atoms with van der Waals surface area (Å²) >= 11 is 0. The molecule has 0 fully saturated rings. The van der Waals surface area contributed by atoms with Gasteiger partial charge in [0.1, 0.15) is 0 Å². The maximum atomic E-state index is 11.3. The highest BCUT2D eigenvalue weighted by molar-refractivity contribution is 5.73. The Bertz CT molecular complexity index is 506. The fourth-order valence-electron chi connectivity index (χ4n) is 1.73. The lowest BCUT2D eigenvalue weighted by Crippen LogP contribution is -2.07. The summed E-state index contributed by atoms with van der Waals surface area (Å²) < 4.78 is 4.91. The fourth-order valence-corrected chi connectivity index (χ4v) is 1.73. The van der Waals surface area contributed by atoms with Crippen molar-refractivity contribution in [2.75, 3.05) is 6.61 Å². The van der Waals surface area contributed by atoms with Gasteiger partial charge < -0.3 is 4.74 Å². The van der Waals surface area contributed by atoms with E-state index in [1.807, 2.05) is 49.5 Å². The van der Waals surface area contributed by atoms with E-state index < -0.39 is 0 Å². The lowest BCUT2D eigenvalue weighted by molar-refractivity contribution is -0.142. The molecule has 0 radical (unpaired) electrons. The maximum Gasteiger partial charge on any atom is 0.310 e. The van der Waals surface area contributed by atoms with Crippen molar-refractivity contribution >= 4 is 5.97 Å². The third kappa shape index (κ3) is 3.17. The van der Waals surface area contributed by atoms with E-state index in [0.29, 0.717) is 13.0 Å². The number of aromatic nitrogens is 1. The number of nitrogens with zero attached hydrogens (tertiary/aromatic N) is 1. The number of rotatable bonds is 4. The van der Waals surface area contributed by atoms with Gasteiger partial charge in [0.15, 0.2) is 0 Å². The summed E-state index contributed by atoms with van der Waals surface area (Å²) in [6, 6.07) is 11.8. The molecule has 3 nitrogen and oxygen atoms in total. The van der Waals surface area contributed by atoms with Crippen molar-refractivity contribution in [3.63, 3.8) is 0 Å². The molecule has 0 saturated heterocycles. The summed E-state index contributed by atoms with van der Waals surface area (Å²) in [7, 11) is 0. The molecule has 1 aromatic heterocycles. The Balaban J connectivity index is 2.09. The third-order valence-corrected chi connectivity index (χ3v) is 2.60. The highest BCUT2D eigenvalue weighted by atomic mass is 16.5. The molecule has 0 aliphatic rings. The topological polar surface area (TPSA) is 39.2 Å². The van der Waals surface area contributed by atoms with Crippen LogP contribution in [0, 0.1) is 0 Å². The number of carbonyl (C=O) groups excluding carboxylic acids is 1. The predicted molar refractivity (Wildman–Crippen MR) is 70.0 cm³/mol. The molecule has 0 spiro atoms. The van der Waals surface area contributed by atoms with E-state index in [-0.39, 0.29) is 5.97 Å². The number of ether oxygens (including phenoxy) is 1. The lowest BCUT2D eigenvalue weighted by Gasteiger charge is -2.04. The second-order valence-corrected chi connectivity index (χ2v) is 3.92. The van der Waals surface area contributed by atoms with Gasteiger partial charge in [-0.3, -0.25) is 9.78 Å². The van der Waals surface area contributed by atoms with Crippen LogP contribution in [0.4, 0.5) is 0 Å². The summed E-state index contributed by atoms with van der Waals surface area (Å²) in [5.74, 6) is -0.188. The van der Waals surface area contributed by atoms with Crippen molar-refractivity contribution in [3.8, 4) is 11.1 Å². The number of hydrogen-bond acceptors (Lipinski definition) is 3. The fraction of sp³-hybridized carbons (Fsp3) is 0.200. The van der Waals surface area contributed by atoms with Gasteiger partial charge in [-0.1, -0.05) is 30.3 Å².